The summed E-state index contributed by atoms with van der Waals surface area (Å²) in [5, 5.41) is 3.98. The predicted molar refractivity (Wildman–Crippen MR) is 89.4 cm³/mol. The van der Waals surface area contributed by atoms with E-state index >= 15 is 0 Å². The molecule has 4 saturated carbocycles. The number of aryl methyl sites for hydroxylation is 1. The molecule has 0 amide bonds. The van der Waals surface area contributed by atoms with Crippen LogP contribution in [0.1, 0.15) is 57.9 Å². The average molecular weight is 284 g/mol. The maximum absolute atomic E-state index is 5.90. The number of hydrogen-bond acceptors (Lipinski definition) is 2. The lowest BCUT2D eigenvalue weighted by atomic mass is 9.42. The van der Waals surface area contributed by atoms with Crippen molar-refractivity contribution in [2.75, 3.05) is 11.1 Å². The van der Waals surface area contributed by atoms with Crippen LogP contribution in [0.15, 0.2) is 18.2 Å². The van der Waals surface area contributed by atoms with Crippen LogP contribution in [-0.2, 0) is 0 Å². The number of nitrogen functional groups attached to an aromatic ring is 1. The maximum atomic E-state index is 5.90. The van der Waals surface area contributed by atoms with Crippen LogP contribution >= 0.6 is 0 Å². The minimum absolute atomic E-state index is 0.323. The maximum Gasteiger partial charge on any atom is 0.0386 e. The number of rotatable bonds is 2. The third-order valence-electron chi connectivity index (χ3n) is 6.28. The Labute approximate surface area is 128 Å². The normalized spacial score (nSPS) is 44.0. The van der Waals surface area contributed by atoms with E-state index in [1.807, 2.05) is 6.07 Å². The molecular weight excluding hydrogens is 256 g/mol. The van der Waals surface area contributed by atoms with E-state index in [1.165, 1.54) is 49.8 Å². The summed E-state index contributed by atoms with van der Waals surface area (Å²) in [7, 11) is 0. The Morgan fingerprint density at radius 3 is 2.29 bits per heavy atom. The first-order valence-corrected chi connectivity index (χ1v) is 8.43. The van der Waals surface area contributed by atoms with E-state index in [0.29, 0.717) is 16.4 Å². The van der Waals surface area contributed by atoms with Gasteiger partial charge in [-0.3, -0.25) is 0 Å². The third-order valence-corrected chi connectivity index (χ3v) is 6.28. The molecule has 1 aromatic carbocycles. The number of nitrogens with two attached hydrogens (primary N) is 1. The van der Waals surface area contributed by atoms with Crippen LogP contribution in [0.4, 0.5) is 11.4 Å². The number of benzene rings is 1. The quantitative estimate of drug-likeness (QED) is 0.770. The SMILES string of the molecule is Cc1cc(N)ccc1NC12CC3CC(C)(CC(C)(C3)C1)C2. The van der Waals surface area contributed by atoms with Crippen LogP contribution < -0.4 is 11.1 Å². The van der Waals surface area contributed by atoms with Crippen molar-refractivity contribution in [2.24, 2.45) is 16.7 Å². The van der Waals surface area contributed by atoms with E-state index < -0.39 is 0 Å². The number of anilines is 2. The van der Waals surface area contributed by atoms with Crippen molar-refractivity contribution < 1.29 is 0 Å². The standard InChI is InChI=1S/C19H28N2/c1-13-6-15(20)4-5-16(13)21-19-9-14-7-17(2,11-19)10-18(3,8-14)12-19/h4-6,14,21H,7-12,20H2,1-3H3. The van der Waals surface area contributed by atoms with Crippen molar-refractivity contribution in [3.05, 3.63) is 23.8 Å². The summed E-state index contributed by atoms with van der Waals surface area (Å²) in [5.74, 6) is 0.929. The van der Waals surface area contributed by atoms with Crippen LogP contribution in [0.2, 0.25) is 0 Å². The van der Waals surface area contributed by atoms with E-state index in [0.717, 1.165) is 11.6 Å². The lowest BCUT2D eigenvalue weighted by molar-refractivity contribution is -0.0973. The first-order chi connectivity index (χ1) is 9.79. The largest absolute Gasteiger partial charge is 0.399 e. The van der Waals surface area contributed by atoms with Gasteiger partial charge in [0.05, 0.1) is 0 Å². The molecule has 2 unspecified atom stereocenters. The van der Waals surface area contributed by atoms with Gasteiger partial charge in [0.25, 0.3) is 0 Å². The fourth-order valence-corrected chi connectivity index (χ4v) is 6.70. The minimum atomic E-state index is 0.323. The highest BCUT2D eigenvalue weighted by Crippen LogP contribution is 2.66. The molecule has 1 aromatic rings. The van der Waals surface area contributed by atoms with E-state index in [2.05, 4.69) is 38.2 Å². The van der Waals surface area contributed by atoms with Gasteiger partial charge in [-0.2, -0.15) is 0 Å². The van der Waals surface area contributed by atoms with Gasteiger partial charge in [0.15, 0.2) is 0 Å². The summed E-state index contributed by atoms with van der Waals surface area (Å²) in [6.07, 6.45) is 8.38. The monoisotopic (exact) mass is 284 g/mol. The summed E-state index contributed by atoms with van der Waals surface area (Å²) < 4.78 is 0. The van der Waals surface area contributed by atoms with Crippen LogP contribution in [0.3, 0.4) is 0 Å². The fraction of sp³-hybridized carbons (Fsp3) is 0.684. The van der Waals surface area contributed by atoms with Gasteiger partial charge in [0.1, 0.15) is 0 Å². The molecule has 4 aliphatic rings. The van der Waals surface area contributed by atoms with E-state index in [-0.39, 0.29) is 0 Å². The molecule has 0 spiro atoms. The molecule has 2 nitrogen and oxygen atoms in total. The topological polar surface area (TPSA) is 38.0 Å². The molecule has 4 fully saturated rings. The van der Waals surface area contributed by atoms with Crippen LogP contribution in [0, 0.1) is 23.7 Å². The van der Waals surface area contributed by atoms with Gasteiger partial charge in [-0.25, -0.2) is 0 Å². The van der Waals surface area contributed by atoms with Gasteiger partial charge in [-0.15, -0.1) is 0 Å². The highest BCUT2D eigenvalue weighted by Gasteiger charge is 2.60. The summed E-state index contributed by atoms with van der Waals surface area (Å²) >= 11 is 0. The second kappa shape index (κ2) is 3.97. The molecule has 0 radical (unpaired) electrons. The van der Waals surface area contributed by atoms with Gasteiger partial charge in [0.2, 0.25) is 0 Å². The molecule has 21 heavy (non-hydrogen) atoms. The number of nitrogens with one attached hydrogen (secondary N) is 1. The van der Waals surface area contributed by atoms with E-state index in [1.54, 1.807) is 0 Å². The highest BCUT2D eigenvalue weighted by molar-refractivity contribution is 5.59. The molecule has 5 rings (SSSR count). The van der Waals surface area contributed by atoms with Crippen molar-refractivity contribution >= 4 is 11.4 Å². The lowest BCUT2D eigenvalue weighted by Gasteiger charge is -2.65. The van der Waals surface area contributed by atoms with Crippen LogP contribution in [-0.4, -0.2) is 5.54 Å². The highest BCUT2D eigenvalue weighted by atomic mass is 15.0. The van der Waals surface area contributed by atoms with Gasteiger partial charge in [-0.05, 0) is 86.0 Å². The van der Waals surface area contributed by atoms with Gasteiger partial charge < -0.3 is 11.1 Å². The van der Waals surface area contributed by atoms with Crippen molar-refractivity contribution in [3.63, 3.8) is 0 Å². The first-order valence-electron chi connectivity index (χ1n) is 8.43. The zero-order valence-electron chi connectivity index (χ0n) is 13.6. The zero-order valence-corrected chi connectivity index (χ0v) is 13.6. The molecule has 0 aliphatic heterocycles. The van der Waals surface area contributed by atoms with Crippen molar-refractivity contribution in [3.8, 4) is 0 Å². The summed E-state index contributed by atoms with van der Waals surface area (Å²) in [6, 6.07) is 6.29. The van der Waals surface area contributed by atoms with Gasteiger partial charge in [-0.1, -0.05) is 13.8 Å². The van der Waals surface area contributed by atoms with Crippen molar-refractivity contribution in [2.45, 2.75) is 64.8 Å². The Balaban J connectivity index is 1.68. The second-order valence-corrected chi connectivity index (χ2v) is 9.11. The Morgan fingerprint density at radius 1 is 1.05 bits per heavy atom. The van der Waals surface area contributed by atoms with E-state index in [9.17, 15) is 0 Å². The van der Waals surface area contributed by atoms with E-state index in [4.69, 9.17) is 5.73 Å². The third kappa shape index (κ3) is 2.15. The summed E-state index contributed by atoms with van der Waals surface area (Å²) in [6.45, 7) is 7.23. The van der Waals surface area contributed by atoms with Gasteiger partial charge in [0, 0.05) is 16.9 Å². The fourth-order valence-electron chi connectivity index (χ4n) is 6.70. The minimum Gasteiger partial charge on any atom is -0.399 e. The number of hydrogen-bond donors (Lipinski definition) is 2. The average Bonchev–Trinajstić information content (AvgIpc) is 2.28. The molecule has 114 valence electrons. The Bertz CT molecular complexity index is 573. The van der Waals surface area contributed by atoms with Crippen LogP contribution in [0.25, 0.3) is 0 Å². The lowest BCUT2D eigenvalue weighted by Crippen LogP contribution is -2.61. The van der Waals surface area contributed by atoms with Gasteiger partial charge >= 0.3 is 0 Å². The van der Waals surface area contributed by atoms with Crippen molar-refractivity contribution in [1.29, 1.82) is 0 Å². The first kappa shape index (κ1) is 13.5. The molecule has 0 saturated heterocycles. The molecule has 2 atom stereocenters. The Morgan fingerprint density at radius 2 is 1.71 bits per heavy atom. The summed E-state index contributed by atoms with van der Waals surface area (Å²) in [4.78, 5) is 0. The zero-order chi connectivity index (χ0) is 14.9. The molecule has 3 N–H and O–H groups in total. The second-order valence-electron chi connectivity index (χ2n) is 9.11. The predicted octanol–water partition coefficient (Wildman–Crippen LogP) is 4.74. The molecule has 4 aliphatic carbocycles. The van der Waals surface area contributed by atoms with Crippen LogP contribution in [0.5, 0.6) is 0 Å². The Kier molecular flexibility index (Phi) is 2.55. The molecular formula is C19H28N2. The molecule has 0 aromatic heterocycles. The molecule has 2 heteroatoms. The molecule has 0 heterocycles. The van der Waals surface area contributed by atoms with Crippen molar-refractivity contribution in [1.82, 2.24) is 0 Å². The summed E-state index contributed by atoms with van der Waals surface area (Å²) in [5.41, 5.74) is 10.8. The molecule has 4 bridgehead atoms. The Hall–Kier alpha value is -1.18. The smallest absolute Gasteiger partial charge is 0.0386 e.